The van der Waals surface area contributed by atoms with Crippen LogP contribution in [0.15, 0.2) is 24.5 Å². The van der Waals surface area contributed by atoms with E-state index in [1.165, 1.54) is 5.69 Å². The van der Waals surface area contributed by atoms with E-state index in [0.29, 0.717) is 5.92 Å². The van der Waals surface area contributed by atoms with Gasteiger partial charge in [0.25, 0.3) is 0 Å². The summed E-state index contributed by atoms with van der Waals surface area (Å²) in [5, 5.41) is 12.2. The van der Waals surface area contributed by atoms with E-state index >= 15 is 0 Å². The molecule has 0 bridgehead atoms. The van der Waals surface area contributed by atoms with Gasteiger partial charge in [-0.15, -0.1) is 12.4 Å². The van der Waals surface area contributed by atoms with Gasteiger partial charge in [0.05, 0.1) is 11.4 Å². The van der Waals surface area contributed by atoms with Crippen LogP contribution >= 0.6 is 12.4 Å². The Balaban J connectivity index is 0.00000200. The number of halogens is 1. The second kappa shape index (κ2) is 8.07. The van der Waals surface area contributed by atoms with Crippen molar-refractivity contribution >= 4 is 12.4 Å². The fourth-order valence-corrected chi connectivity index (χ4v) is 2.01. The Morgan fingerprint density at radius 2 is 2.05 bits per heavy atom. The van der Waals surface area contributed by atoms with Crippen LogP contribution in [0.5, 0.6) is 0 Å². The van der Waals surface area contributed by atoms with Crippen molar-refractivity contribution in [3.8, 4) is 0 Å². The van der Waals surface area contributed by atoms with Crippen molar-refractivity contribution in [2.75, 3.05) is 0 Å². The lowest BCUT2D eigenvalue weighted by molar-refractivity contribution is 0.460. The number of rotatable bonds is 7. The predicted molar refractivity (Wildman–Crippen MR) is 82.8 cm³/mol. The first-order valence-electron chi connectivity index (χ1n) is 6.92. The minimum Gasteiger partial charge on any atom is -0.305 e. The van der Waals surface area contributed by atoms with Crippen LogP contribution in [-0.2, 0) is 26.2 Å². The van der Waals surface area contributed by atoms with E-state index in [2.05, 4.69) is 53.1 Å². The number of hydrogen-bond acceptors (Lipinski definition) is 3. The maximum Gasteiger partial charge on any atom is 0.0762 e. The van der Waals surface area contributed by atoms with E-state index in [4.69, 9.17) is 0 Å². The van der Waals surface area contributed by atoms with Crippen molar-refractivity contribution in [1.82, 2.24) is 24.9 Å². The molecule has 0 unspecified atom stereocenters. The van der Waals surface area contributed by atoms with Gasteiger partial charge in [-0.2, -0.15) is 10.2 Å². The molecular weight excluding hydrogens is 274 g/mol. The number of nitrogens with zero attached hydrogens (tertiary/aromatic N) is 4. The highest BCUT2D eigenvalue weighted by Crippen LogP contribution is 2.04. The summed E-state index contributed by atoms with van der Waals surface area (Å²) in [5.74, 6) is 0.610. The summed E-state index contributed by atoms with van der Waals surface area (Å²) >= 11 is 0. The molecule has 0 radical (unpaired) electrons. The van der Waals surface area contributed by atoms with Crippen LogP contribution in [-0.4, -0.2) is 19.6 Å². The first kappa shape index (κ1) is 16.7. The highest BCUT2D eigenvalue weighted by molar-refractivity contribution is 5.85. The smallest absolute Gasteiger partial charge is 0.0762 e. The minimum atomic E-state index is 0. The van der Waals surface area contributed by atoms with Gasteiger partial charge in [-0.3, -0.25) is 9.36 Å². The van der Waals surface area contributed by atoms with Crippen molar-refractivity contribution < 1.29 is 0 Å². The normalized spacial score (nSPS) is 10.8. The van der Waals surface area contributed by atoms with Crippen LogP contribution in [0.1, 0.15) is 32.2 Å². The Morgan fingerprint density at radius 1 is 1.25 bits per heavy atom. The molecule has 2 heterocycles. The Labute approximate surface area is 126 Å². The average molecular weight is 298 g/mol. The lowest BCUT2D eigenvalue weighted by atomic mass is 10.2. The van der Waals surface area contributed by atoms with Crippen molar-refractivity contribution in [2.24, 2.45) is 5.92 Å². The second-order valence-electron chi connectivity index (χ2n) is 5.16. The van der Waals surface area contributed by atoms with Crippen LogP contribution in [0.25, 0.3) is 0 Å². The van der Waals surface area contributed by atoms with Crippen molar-refractivity contribution in [1.29, 1.82) is 0 Å². The highest BCUT2D eigenvalue weighted by Gasteiger charge is 2.04. The van der Waals surface area contributed by atoms with Crippen LogP contribution in [0.3, 0.4) is 0 Å². The van der Waals surface area contributed by atoms with Gasteiger partial charge >= 0.3 is 0 Å². The van der Waals surface area contributed by atoms with Gasteiger partial charge in [0.2, 0.25) is 0 Å². The number of aromatic nitrogens is 4. The monoisotopic (exact) mass is 297 g/mol. The lowest BCUT2D eigenvalue weighted by Gasteiger charge is -2.10. The Hall–Kier alpha value is -1.33. The van der Waals surface area contributed by atoms with E-state index in [9.17, 15) is 0 Å². The lowest BCUT2D eigenvalue weighted by Crippen LogP contribution is -2.18. The summed E-state index contributed by atoms with van der Waals surface area (Å²) in [7, 11) is 0. The summed E-state index contributed by atoms with van der Waals surface area (Å²) in [5.41, 5.74) is 2.31. The molecule has 1 N–H and O–H groups in total. The molecule has 0 aliphatic rings. The predicted octanol–water partition coefficient (Wildman–Crippen LogP) is 2.47. The first-order valence-corrected chi connectivity index (χ1v) is 6.92. The molecule has 0 fully saturated rings. The first-order chi connectivity index (χ1) is 9.19. The molecule has 0 amide bonds. The van der Waals surface area contributed by atoms with Gasteiger partial charge < -0.3 is 5.32 Å². The number of aryl methyl sites for hydroxylation is 1. The molecule has 6 heteroatoms. The topological polar surface area (TPSA) is 47.7 Å². The van der Waals surface area contributed by atoms with Gasteiger partial charge in [0, 0.05) is 38.6 Å². The molecule has 112 valence electrons. The zero-order valence-electron chi connectivity index (χ0n) is 12.4. The molecular formula is C14H24ClN5. The molecule has 0 aliphatic heterocycles. The van der Waals surface area contributed by atoms with Crippen LogP contribution in [0, 0.1) is 5.92 Å². The van der Waals surface area contributed by atoms with Gasteiger partial charge in [-0.25, -0.2) is 0 Å². The Kier molecular flexibility index (Phi) is 6.75. The molecule has 5 nitrogen and oxygen atoms in total. The van der Waals surface area contributed by atoms with E-state index in [1.54, 1.807) is 0 Å². The zero-order chi connectivity index (χ0) is 13.7. The molecule has 2 aromatic heterocycles. The molecule has 0 spiro atoms. The fourth-order valence-electron chi connectivity index (χ4n) is 2.01. The molecule has 0 saturated carbocycles. The minimum absolute atomic E-state index is 0. The van der Waals surface area contributed by atoms with Crippen LogP contribution in [0.2, 0.25) is 0 Å². The third-order valence-corrected chi connectivity index (χ3v) is 2.97. The van der Waals surface area contributed by atoms with Gasteiger partial charge in [0.15, 0.2) is 0 Å². The highest BCUT2D eigenvalue weighted by atomic mass is 35.5. The average Bonchev–Trinajstić information content (AvgIpc) is 2.99. The quantitative estimate of drug-likeness (QED) is 0.854. The maximum absolute atomic E-state index is 4.45. The SMILES string of the molecule is CCn1ccc(CNCc2ccnn2CC(C)C)n1.Cl. The Bertz CT molecular complexity index is 503. The summed E-state index contributed by atoms with van der Waals surface area (Å²) in [4.78, 5) is 0. The van der Waals surface area contributed by atoms with Crippen molar-refractivity contribution in [2.45, 2.75) is 47.0 Å². The van der Waals surface area contributed by atoms with Gasteiger partial charge in [-0.1, -0.05) is 13.8 Å². The van der Waals surface area contributed by atoms with E-state index in [1.807, 2.05) is 17.1 Å². The fraction of sp³-hybridized carbons (Fsp3) is 0.571. The van der Waals surface area contributed by atoms with Gasteiger partial charge in [0.1, 0.15) is 0 Å². The van der Waals surface area contributed by atoms with E-state index in [-0.39, 0.29) is 12.4 Å². The van der Waals surface area contributed by atoms with Crippen LogP contribution in [0.4, 0.5) is 0 Å². The molecule has 0 saturated heterocycles. The summed E-state index contributed by atoms with van der Waals surface area (Å²) in [6.07, 6.45) is 3.88. The molecule has 20 heavy (non-hydrogen) atoms. The standard InChI is InChI=1S/C14H23N5.ClH/c1-4-18-8-6-13(17-18)9-15-10-14-5-7-16-19(14)11-12(2)3;/h5-8,12,15H,4,9-11H2,1-3H3;1H. The zero-order valence-corrected chi connectivity index (χ0v) is 13.2. The van der Waals surface area contributed by atoms with Crippen LogP contribution < -0.4 is 5.32 Å². The second-order valence-corrected chi connectivity index (χ2v) is 5.16. The molecule has 0 aliphatic carbocycles. The van der Waals surface area contributed by atoms with E-state index < -0.39 is 0 Å². The summed E-state index contributed by atoms with van der Waals surface area (Å²) < 4.78 is 4.02. The number of hydrogen-bond donors (Lipinski definition) is 1. The molecule has 0 aromatic carbocycles. The third kappa shape index (κ3) is 4.65. The third-order valence-electron chi connectivity index (χ3n) is 2.97. The summed E-state index contributed by atoms with van der Waals surface area (Å²) in [6, 6.07) is 4.13. The largest absolute Gasteiger partial charge is 0.305 e. The maximum atomic E-state index is 4.45. The van der Waals surface area contributed by atoms with E-state index in [0.717, 1.165) is 31.9 Å². The summed E-state index contributed by atoms with van der Waals surface area (Å²) in [6.45, 7) is 10.0. The van der Waals surface area contributed by atoms with Crippen molar-refractivity contribution in [3.05, 3.63) is 35.9 Å². The molecule has 2 rings (SSSR count). The Morgan fingerprint density at radius 3 is 2.70 bits per heavy atom. The molecule has 2 aromatic rings. The van der Waals surface area contributed by atoms with Gasteiger partial charge in [-0.05, 0) is 25.0 Å². The molecule has 0 atom stereocenters. The number of nitrogens with one attached hydrogen (secondary N) is 1. The van der Waals surface area contributed by atoms with Crippen molar-refractivity contribution in [3.63, 3.8) is 0 Å².